The van der Waals surface area contributed by atoms with E-state index in [4.69, 9.17) is 0 Å². The topological polar surface area (TPSA) is 58.5 Å². The lowest BCUT2D eigenvalue weighted by atomic mass is 9.68. The van der Waals surface area contributed by atoms with Gasteiger partial charge in [-0.2, -0.15) is 18.4 Å². The third-order valence-electron chi connectivity index (χ3n) is 5.00. The van der Waals surface area contributed by atoms with E-state index >= 15 is 0 Å². The van der Waals surface area contributed by atoms with E-state index in [0.717, 1.165) is 24.1 Å². The molecule has 1 spiro atoms. The number of sulfonamides is 1. The number of hydrogen-bond acceptors (Lipinski definition) is 3. The zero-order valence-electron chi connectivity index (χ0n) is 13.6. The van der Waals surface area contributed by atoms with Gasteiger partial charge < -0.3 is 0 Å². The Morgan fingerprint density at radius 1 is 1.04 bits per heavy atom. The molecule has 4 nitrogen and oxygen atoms in total. The van der Waals surface area contributed by atoms with E-state index in [1.807, 2.05) is 13.0 Å². The summed E-state index contributed by atoms with van der Waals surface area (Å²) in [5.41, 5.74) is 2.19. The molecule has 23 heavy (non-hydrogen) atoms. The van der Waals surface area contributed by atoms with Crippen LogP contribution in [0.4, 0.5) is 0 Å². The average molecular weight is 332 g/mol. The van der Waals surface area contributed by atoms with Crippen LogP contribution < -0.4 is 4.83 Å². The fourth-order valence-electron chi connectivity index (χ4n) is 3.47. The summed E-state index contributed by atoms with van der Waals surface area (Å²) < 4.78 is 24.5. The fraction of sp³-hybridized carbons (Fsp3) is 0.500. The van der Waals surface area contributed by atoms with E-state index in [1.165, 1.54) is 32.1 Å². The lowest BCUT2D eigenvalue weighted by molar-refractivity contribution is 0.240. The van der Waals surface area contributed by atoms with Gasteiger partial charge in [-0.15, -0.1) is 0 Å². The Labute approximate surface area is 138 Å². The first kappa shape index (κ1) is 16.2. The van der Waals surface area contributed by atoms with Crippen molar-refractivity contribution >= 4 is 15.7 Å². The third-order valence-corrected chi connectivity index (χ3v) is 6.22. The molecule has 0 bridgehead atoms. The molecular weight excluding hydrogens is 308 g/mol. The Bertz CT molecular complexity index is 712. The van der Waals surface area contributed by atoms with Crippen molar-refractivity contribution < 1.29 is 8.42 Å². The van der Waals surface area contributed by atoms with E-state index in [9.17, 15) is 8.42 Å². The zero-order chi connectivity index (χ0) is 16.3. The Hall–Kier alpha value is -1.62. The Morgan fingerprint density at radius 3 is 2.35 bits per heavy atom. The van der Waals surface area contributed by atoms with Gasteiger partial charge in [0.15, 0.2) is 0 Å². The number of nitrogens with one attached hydrogen (secondary N) is 1. The zero-order valence-corrected chi connectivity index (χ0v) is 14.4. The number of rotatable bonds is 3. The first-order valence-corrected chi connectivity index (χ1v) is 9.82. The lowest BCUT2D eigenvalue weighted by Crippen LogP contribution is -2.27. The Balaban J connectivity index is 1.68. The molecule has 1 fully saturated rings. The van der Waals surface area contributed by atoms with Crippen LogP contribution in [0.2, 0.25) is 0 Å². The molecular formula is C18H24N2O2S. The van der Waals surface area contributed by atoms with Gasteiger partial charge in [-0.3, -0.25) is 0 Å². The van der Waals surface area contributed by atoms with Gasteiger partial charge in [-0.25, -0.2) is 0 Å². The van der Waals surface area contributed by atoms with Crippen LogP contribution >= 0.6 is 0 Å². The normalized spacial score (nSPS) is 22.4. The molecule has 0 unspecified atom stereocenters. The van der Waals surface area contributed by atoms with Crippen molar-refractivity contribution in [2.24, 2.45) is 10.5 Å². The highest BCUT2D eigenvalue weighted by Gasteiger charge is 2.31. The molecule has 5 heteroatoms. The minimum absolute atomic E-state index is 0.246. The predicted molar refractivity (Wildman–Crippen MR) is 92.8 cm³/mol. The fourth-order valence-corrected chi connectivity index (χ4v) is 4.31. The van der Waals surface area contributed by atoms with Gasteiger partial charge >= 0.3 is 0 Å². The quantitative estimate of drug-likeness (QED) is 0.853. The Kier molecular flexibility index (Phi) is 4.57. The van der Waals surface area contributed by atoms with Crippen molar-refractivity contribution in [1.82, 2.24) is 4.83 Å². The molecule has 0 aliphatic heterocycles. The van der Waals surface area contributed by atoms with Gasteiger partial charge in [0.2, 0.25) is 0 Å². The summed E-state index contributed by atoms with van der Waals surface area (Å²) in [7, 11) is -3.58. The van der Waals surface area contributed by atoms with Crippen LogP contribution in [0, 0.1) is 12.3 Å². The second kappa shape index (κ2) is 6.48. The molecule has 0 atom stereocenters. The molecule has 0 saturated heterocycles. The van der Waals surface area contributed by atoms with Crippen LogP contribution in [0.25, 0.3) is 0 Å². The SMILES string of the molecule is Cc1ccc(S(=O)(=O)NN=C2C=CC3(CCCCC3)CC2)cc1. The lowest BCUT2D eigenvalue weighted by Gasteiger charge is -2.36. The summed E-state index contributed by atoms with van der Waals surface area (Å²) in [5.74, 6) is 0. The molecule has 3 rings (SSSR count). The van der Waals surface area contributed by atoms with Crippen molar-refractivity contribution in [1.29, 1.82) is 0 Å². The number of hydrogen-bond donors (Lipinski definition) is 1. The maximum Gasteiger partial charge on any atom is 0.276 e. The monoisotopic (exact) mass is 332 g/mol. The van der Waals surface area contributed by atoms with Gasteiger partial charge in [-0.1, -0.05) is 43.0 Å². The smallest absolute Gasteiger partial charge is 0.200 e. The summed E-state index contributed by atoms with van der Waals surface area (Å²) in [4.78, 5) is 2.61. The van der Waals surface area contributed by atoms with Crippen molar-refractivity contribution in [2.75, 3.05) is 0 Å². The van der Waals surface area contributed by atoms with Crippen LogP contribution in [-0.2, 0) is 10.0 Å². The highest BCUT2D eigenvalue weighted by atomic mass is 32.2. The predicted octanol–water partition coefficient (Wildman–Crippen LogP) is 3.93. The van der Waals surface area contributed by atoms with Gasteiger partial charge in [0.25, 0.3) is 10.0 Å². The maximum absolute atomic E-state index is 12.2. The minimum Gasteiger partial charge on any atom is -0.200 e. The second-order valence-electron chi connectivity index (χ2n) is 6.77. The van der Waals surface area contributed by atoms with E-state index in [1.54, 1.807) is 24.3 Å². The molecule has 124 valence electrons. The average Bonchev–Trinajstić information content (AvgIpc) is 2.56. The van der Waals surface area contributed by atoms with E-state index < -0.39 is 10.0 Å². The van der Waals surface area contributed by atoms with Gasteiger partial charge in [0.05, 0.1) is 10.6 Å². The number of allylic oxidation sites excluding steroid dienone is 2. The van der Waals surface area contributed by atoms with E-state index in [0.29, 0.717) is 5.41 Å². The van der Waals surface area contributed by atoms with Crippen molar-refractivity contribution in [3.63, 3.8) is 0 Å². The first-order valence-electron chi connectivity index (χ1n) is 8.34. The molecule has 2 aliphatic carbocycles. The minimum atomic E-state index is -3.58. The largest absolute Gasteiger partial charge is 0.276 e. The highest BCUT2D eigenvalue weighted by Crippen LogP contribution is 2.43. The molecule has 1 aromatic carbocycles. The van der Waals surface area contributed by atoms with E-state index in [2.05, 4.69) is 16.0 Å². The number of aryl methyl sites for hydroxylation is 1. The number of hydrazone groups is 1. The van der Waals surface area contributed by atoms with Gasteiger partial charge in [0.1, 0.15) is 0 Å². The summed E-state index contributed by atoms with van der Waals surface area (Å²) in [6.07, 6.45) is 12.6. The molecule has 1 N–H and O–H groups in total. The van der Waals surface area contributed by atoms with Crippen LogP contribution in [0.5, 0.6) is 0 Å². The third kappa shape index (κ3) is 3.83. The molecule has 0 heterocycles. The van der Waals surface area contributed by atoms with Crippen LogP contribution in [0.3, 0.4) is 0 Å². The molecule has 1 aromatic rings. The van der Waals surface area contributed by atoms with Crippen LogP contribution in [-0.4, -0.2) is 14.1 Å². The van der Waals surface area contributed by atoms with Crippen LogP contribution in [0.15, 0.2) is 46.4 Å². The molecule has 0 amide bonds. The van der Waals surface area contributed by atoms with Gasteiger partial charge in [-0.05, 0) is 56.2 Å². The summed E-state index contributed by atoms with van der Waals surface area (Å²) in [6.45, 7) is 1.93. The number of benzene rings is 1. The van der Waals surface area contributed by atoms with Crippen molar-refractivity contribution in [3.05, 3.63) is 42.0 Å². The summed E-state index contributed by atoms with van der Waals surface area (Å²) in [6, 6.07) is 6.78. The molecule has 2 aliphatic rings. The maximum atomic E-state index is 12.2. The van der Waals surface area contributed by atoms with Crippen molar-refractivity contribution in [2.45, 2.75) is 56.8 Å². The number of nitrogens with zero attached hydrogens (tertiary/aromatic N) is 1. The molecule has 1 saturated carbocycles. The van der Waals surface area contributed by atoms with Crippen LogP contribution in [0.1, 0.15) is 50.5 Å². The molecule has 0 radical (unpaired) electrons. The Morgan fingerprint density at radius 2 is 1.74 bits per heavy atom. The molecule has 0 aromatic heterocycles. The highest BCUT2D eigenvalue weighted by molar-refractivity contribution is 7.89. The van der Waals surface area contributed by atoms with Crippen molar-refractivity contribution in [3.8, 4) is 0 Å². The standard InChI is InChI=1S/C18H24N2O2S/c1-15-5-7-17(8-6-15)23(21,22)20-19-16-9-13-18(14-10-16)11-3-2-4-12-18/h5-9,13,20H,2-4,10-12,14H2,1H3. The summed E-state index contributed by atoms with van der Waals surface area (Å²) in [5, 5.41) is 4.12. The summed E-state index contributed by atoms with van der Waals surface area (Å²) >= 11 is 0. The van der Waals surface area contributed by atoms with Gasteiger partial charge in [0, 0.05) is 0 Å². The first-order chi connectivity index (χ1) is 11.0. The second-order valence-corrected chi connectivity index (χ2v) is 8.43. The van der Waals surface area contributed by atoms with E-state index in [-0.39, 0.29) is 4.90 Å².